The minimum atomic E-state index is -0.310. The zero-order chi connectivity index (χ0) is 25.7. The van der Waals surface area contributed by atoms with Crippen LogP contribution in [0.1, 0.15) is 35.7 Å². The van der Waals surface area contributed by atoms with E-state index in [0.29, 0.717) is 60.2 Å². The third kappa shape index (κ3) is 5.45. The summed E-state index contributed by atoms with van der Waals surface area (Å²) in [4.78, 5) is 39.2. The number of hydrogen-bond acceptors (Lipinski definition) is 8. The van der Waals surface area contributed by atoms with Gasteiger partial charge >= 0.3 is 5.97 Å². The Hall–Kier alpha value is -4.01. The van der Waals surface area contributed by atoms with Gasteiger partial charge in [-0.2, -0.15) is 0 Å². The van der Waals surface area contributed by atoms with Crippen molar-refractivity contribution < 1.29 is 38.1 Å². The van der Waals surface area contributed by atoms with E-state index in [2.05, 4.69) is 0 Å². The van der Waals surface area contributed by atoms with Gasteiger partial charge in [0.05, 0.1) is 32.3 Å². The first-order valence-corrected chi connectivity index (χ1v) is 11.8. The number of amides is 1. The highest BCUT2D eigenvalue weighted by molar-refractivity contribution is 6.14. The molecule has 36 heavy (non-hydrogen) atoms. The van der Waals surface area contributed by atoms with Crippen LogP contribution in [0.25, 0.3) is 6.08 Å². The van der Waals surface area contributed by atoms with Gasteiger partial charge in [0.2, 0.25) is 5.78 Å². The summed E-state index contributed by atoms with van der Waals surface area (Å²) in [6, 6.07) is 10.1. The van der Waals surface area contributed by atoms with E-state index in [9.17, 15) is 14.4 Å². The standard InChI is InChI=1S/C27H29NO8/c1-4-34-27(31)17-6-5-11-28(15-17)25(29)16-35-20-7-9-21-23(14-20)36-24(26(21)30)13-18-12-19(32-2)8-10-22(18)33-3/h7-10,12-14,17H,4-6,11,15-16H2,1-3H3/b24-13-. The smallest absolute Gasteiger partial charge is 0.310 e. The predicted molar refractivity (Wildman–Crippen MR) is 130 cm³/mol. The summed E-state index contributed by atoms with van der Waals surface area (Å²) in [6.07, 6.45) is 3.04. The van der Waals surface area contributed by atoms with E-state index in [1.165, 1.54) is 0 Å². The van der Waals surface area contributed by atoms with E-state index in [-0.39, 0.29) is 35.9 Å². The molecule has 4 rings (SSSR count). The molecule has 0 saturated carbocycles. The van der Waals surface area contributed by atoms with E-state index in [1.807, 2.05) is 0 Å². The molecule has 2 heterocycles. The van der Waals surface area contributed by atoms with Gasteiger partial charge in [-0.1, -0.05) is 0 Å². The molecule has 1 amide bonds. The van der Waals surface area contributed by atoms with Crippen LogP contribution in [0.4, 0.5) is 0 Å². The molecule has 0 aromatic heterocycles. The highest BCUT2D eigenvalue weighted by Gasteiger charge is 2.30. The number of methoxy groups -OCH3 is 2. The number of ketones is 1. The Kier molecular flexibility index (Phi) is 7.77. The minimum absolute atomic E-state index is 0.142. The normalized spacial score (nSPS) is 17.9. The molecule has 1 atom stereocenters. The van der Waals surface area contributed by atoms with Gasteiger partial charge < -0.3 is 28.6 Å². The van der Waals surface area contributed by atoms with Gasteiger partial charge in [-0.05, 0) is 56.2 Å². The number of esters is 1. The summed E-state index contributed by atoms with van der Waals surface area (Å²) in [7, 11) is 3.10. The van der Waals surface area contributed by atoms with E-state index in [4.69, 9.17) is 23.7 Å². The molecule has 2 aliphatic heterocycles. The highest BCUT2D eigenvalue weighted by Crippen LogP contribution is 2.36. The van der Waals surface area contributed by atoms with Crippen molar-refractivity contribution in [3.63, 3.8) is 0 Å². The molecule has 1 saturated heterocycles. The highest BCUT2D eigenvalue weighted by atomic mass is 16.5. The van der Waals surface area contributed by atoms with Gasteiger partial charge in [-0.3, -0.25) is 14.4 Å². The predicted octanol–water partition coefficient (Wildman–Crippen LogP) is 3.50. The summed E-state index contributed by atoms with van der Waals surface area (Å²) >= 11 is 0. The molecule has 0 radical (unpaired) electrons. The summed E-state index contributed by atoms with van der Waals surface area (Å²) in [5.41, 5.74) is 1.04. The number of likely N-dealkylation sites (tertiary alicyclic amines) is 1. The minimum Gasteiger partial charge on any atom is -0.497 e. The maximum Gasteiger partial charge on any atom is 0.310 e. The van der Waals surface area contributed by atoms with Crippen LogP contribution < -0.4 is 18.9 Å². The van der Waals surface area contributed by atoms with Crippen LogP contribution in [-0.2, 0) is 14.3 Å². The average molecular weight is 496 g/mol. The van der Waals surface area contributed by atoms with E-state index < -0.39 is 0 Å². The second-order valence-corrected chi connectivity index (χ2v) is 8.43. The molecular formula is C27H29NO8. The fourth-order valence-corrected chi connectivity index (χ4v) is 4.24. The topological polar surface area (TPSA) is 101 Å². The number of rotatable bonds is 8. The number of fused-ring (bicyclic) bond motifs is 1. The molecule has 2 aromatic rings. The van der Waals surface area contributed by atoms with Gasteiger partial charge in [0.1, 0.15) is 23.0 Å². The molecule has 0 N–H and O–H groups in total. The molecule has 9 heteroatoms. The maximum atomic E-state index is 12.9. The molecule has 1 unspecified atom stereocenters. The van der Waals surface area contributed by atoms with Gasteiger partial charge in [-0.15, -0.1) is 0 Å². The third-order valence-corrected chi connectivity index (χ3v) is 6.12. The van der Waals surface area contributed by atoms with Crippen molar-refractivity contribution in [2.75, 3.05) is 40.5 Å². The number of Topliss-reactive ketones (excluding diaryl/α,β-unsaturated/α-hetero) is 1. The summed E-state index contributed by atoms with van der Waals surface area (Å²) in [6.45, 7) is 2.79. The molecule has 9 nitrogen and oxygen atoms in total. The maximum absolute atomic E-state index is 12.9. The molecule has 0 aliphatic carbocycles. The first-order valence-electron chi connectivity index (χ1n) is 11.8. The van der Waals surface area contributed by atoms with Gasteiger partial charge in [-0.25, -0.2) is 0 Å². The first kappa shape index (κ1) is 25.1. The van der Waals surface area contributed by atoms with Crippen LogP contribution in [0.3, 0.4) is 0 Å². The Morgan fingerprint density at radius 1 is 1.11 bits per heavy atom. The molecule has 0 bridgehead atoms. The van der Waals surface area contributed by atoms with Crippen molar-refractivity contribution in [3.8, 4) is 23.0 Å². The van der Waals surface area contributed by atoms with Gasteiger partial charge in [0.15, 0.2) is 12.4 Å². The Morgan fingerprint density at radius 2 is 1.92 bits per heavy atom. The SMILES string of the molecule is CCOC(=O)C1CCCN(C(=O)COc2ccc3c(c2)O/C(=C\c2cc(OC)ccc2OC)C3=O)C1. The van der Waals surface area contributed by atoms with Crippen molar-refractivity contribution in [2.45, 2.75) is 19.8 Å². The zero-order valence-corrected chi connectivity index (χ0v) is 20.6. The van der Waals surface area contributed by atoms with Crippen LogP contribution in [0, 0.1) is 5.92 Å². The number of nitrogens with zero attached hydrogens (tertiary/aromatic N) is 1. The largest absolute Gasteiger partial charge is 0.497 e. The summed E-state index contributed by atoms with van der Waals surface area (Å²) in [5.74, 6) is 1.01. The Labute approximate surface area is 209 Å². The van der Waals surface area contributed by atoms with Crippen molar-refractivity contribution in [1.82, 2.24) is 4.90 Å². The monoisotopic (exact) mass is 495 g/mol. The number of allylic oxidation sites excluding steroid dienone is 1. The Bertz CT molecular complexity index is 1190. The van der Waals surface area contributed by atoms with E-state index >= 15 is 0 Å². The van der Waals surface area contributed by atoms with Crippen molar-refractivity contribution in [3.05, 3.63) is 53.3 Å². The molecule has 2 aliphatic rings. The molecule has 190 valence electrons. The van der Waals surface area contributed by atoms with Crippen LogP contribution in [0.2, 0.25) is 0 Å². The summed E-state index contributed by atoms with van der Waals surface area (Å²) in [5, 5.41) is 0. The van der Waals surface area contributed by atoms with Crippen molar-refractivity contribution in [1.29, 1.82) is 0 Å². The molecule has 0 spiro atoms. The molecular weight excluding hydrogens is 466 g/mol. The Balaban J connectivity index is 1.41. The zero-order valence-electron chi connectivity index (χ0n) is 20.6. The lowest BCUT2D eigenvalue weighted by molar-refractivity contribution is -0.151. The summed E-state index contributed by atoms with van der Waals surface area (Å²) < 4.78 is 27.2. The lowest BCUT2D eigenvalue weighted by Crippen LogP contribution is -2.44. The van der Waals surface area contributed by atoms with Crippen LogP contribution >= 0.6 is 0 Å². The fourth-order valence-electron chi connectivity index (χ4n) is 4.24. The second kappa shape index (κ2) is 11.2. The molecule has 2 aromatic carbocycles. The number of carbonyl (C=O) groups excluding carboxylic acids is 3. The molecule has 1 fully saturated rings. The fraction of sp³-hybridized carbons (Fsp3) is 0.370. The lowest BCUT2D eigenvalue weighted by atomic mass is 9.98. The number of piperidine rings is 1. The number of ether oxygens (including phenoxy) is 5. The van der Waals surface area contributed by atoms with Crippen molar-refractivity contribution in [2.24, 2.45) is 5.92 Å². The number of carbonyl (C=O) groups is 3. The van der Waals surface area contributed by atoms with Crippen LogP contribution in [0.5, 0.6) is 23.0 Å². The quantitative estimate of drug-likeness (QED) is 0.405. The van der Waals surface area contributed by atoms with Crippen LogP contribution in [-0.4, -0.2) is 63.1 Å². The third-order valence-electron chi connectivity index (χ3n) is 6.12. The first-order chi connectivity index (χ1) is 17.4. The van der Waals surface area contributed by atoms with E-state index in [1.54, 1.807) is 68.5 Å². The van der Waals surface area contributed by atoms with E-state index in [0.717, 1.165) is 6.42 Å². The lowest BCUT2D eigenvalue weighted by Gasteiger charge is -2.31. The second-order valence-electron chi connectivity index (χ2n) is 8.43. The Morgan fingerprint density at radius 3 is 2.67 bits per heavy atom. The van der Waals surface area contributed by atoms with Crippen LogP contribution in [0.15, 0.2) is 42.2 Å². The van der Waals surface area contributed by atoms with Gasteiger partial charge in [0, 0.05) is 24.7 Å². The number of hydrogen-bond donors (Lipinski definition) is 0. The van der Waals surface area contributed by atoms with Gasteiger partial charge in [0.25, 0.3) is 5.91 Å². The number of benzene rings is 2. The van der Waals surface area contributed by atoms with Crippen molar-refractivity contribution >= 4 is 23.7 Å². The average Bonchev–Trinajstić information content (AvgIpc) is 3.21.